The highest BCUT2D eigenvalue weighted by molar-refractivity contribution is 5.87. The lowest BCUT2D eigenvalue weighted by atomic mass is 9.92. The van der Waals surface area contributed by atoms with Crippen LogP contribution in [0.4, 0.5) is 4.79 Å². The number of ether oxygens (including phenoxy) is 1. The normalized spacial score (nSPS) is 17.9. The topological polar surface area (TPSA) is 66.8 Å². The lowest BCUT2D eigenvalue weighted by molar-refractivity contribution is -0.134. The summed E-state index contributed by atoms with van der Waals surface area (Å²) in [5.41, 5.74) is 3.06. The van der Waals surface area contributed by atoms with Crippen molar-refractivity contribution in [1.82, 2.24) is 4.90 Å². The van der Waals surface area contributed by atoms with Crippen molar-refractivity contribution in [2.24, 2.45) is 0 Å². The average molecular weight is 275 g/mol. The van der Waals surface area contributed by atoms with Gasteiger partial charge in [0, 0.05) is 12.6 Å². The van der Waals surface area contributed by atoms with E-state index in [1.807, 2.05) is 25.1 Å². The number of methoxy groups -OCH3 is 1. The first-order valence-electron chi connectivity index (χ1n) is 6.41. The number of esters is 1. The van der Waals surface area contributed by atoms with Crippen molar-refractivity contribution < 1.29 is 19.4 Å². The summed E-state index contributed by atoms with van der Waals surface area (Å²) in [6.07, 6.45) is 2.86. The van der Waals surface area contributed by atoms with Gasteiger partial charge in [-0.25, -0.2) is 9.59 Å². The number of hydrogen-bond acceptors (Lipinski definition) is 3. The third-order valence-electron chi connectivity index (χ3n) is 3.57. The minimum absolute atomic E-state index is 0.144. The highest BCUT2D eigenvalue weighted by Gasteiger charge is 2.26. The first-order chi connectivity index (χ1) is 9.52. The molecule has 106 valence electrons. The van der Waals surface area contributed by atoms with Crippen LogP contribution in [-0.2, 0) is 16.0 Å². The molecule has 0 aliphatic carbocycles. The van der Waals surface area contributed by atoms with Crippen LogP contribution in [0.15, 0.2) is 24.3 Å². The molecule has 1 heterocycles. The summed E-state index contributed by atoms with van der Waals surface area (Å²) in [6.45, 7) is 2.38. The highest BCUT2D eigenvalue weighted by Crippen LogP contribution is 2.30. The van der Waals surface area contributed by atoms with E-state index in [0.29, 0.717) is 13.0 Å². The standard InChI is InChI=1S/C15H17NO4/c1-10-13-5-3-11(4-6-14(17)20-2)9-12(13)7-8-16(10)15(18)19/h3-6,9-10H,7-8H2,1-2H3,(H,18,19)/b6-4+. The quantitative estimate of drug-likeness (QED) is 0.665. The molecule has 2 rings (SSSR count). The van der Waals surface area contributed by atoms with E-state index >= 15 is 0 Å². The van der Waals surface area contributed by atoms with Gasteiger partial charge in [0.15, 0.2) is 0 Å². The minimum atomic E-state index is -0.891. The molecule has 1 aliphatic heterocycles. The highest BCUT2D eigenvalue weighted by atomic mass is 16.5. The van der Waals surface area contributed by atoms with Gasteiger partial charge in [0.05, 0.1) is 13.2 Å². The number of hydrogen-bond donors (Lipinski definition) is 1. The summed E-state index contributed by atoms with van der Waals surface area (Å²) in [5.74, 6) is -0.395. The van der Waals surface area contributed by atoms with Crippen LogP contribution in [0.2, 0.25) is 0 Å². The fraction of sp³-hybridized carbons (Fsp3) is 0.333. The molecule has 0 radical (unpaired) electrons. The Kier molecular flexibility index (Phi) is 4.08. The van der Waals surface area contributed by atoms with E-state index < -0.39 is 12.1 Å². The Labute approximate surface area is 117 Å². The van der Waals surface area contributed by atoms with Crippen molar-refractivity contribution >= 4 is 18.1 Å². The fourth-order valence-electron chi connectivity index (χ4n) is 2.45. The maximum Gasteiger partial charge on any atom is 0.407 e. The van der Waals surface area contributed by atoms with Crippen LogP contribution in [0.1, 0.15) is 29.7 Å². The Hall–Kier alpha value is -2.30. The third kappa shape index (κ3) is 2.82. The SMILES string of the molecule is COC(=O)/C=C/c1ccc2c(c1)CCN(C(=O)O)C2C. The van der Waals surface area contributed by atoms with E-state index in [0.717, 1.165) is 16.7 Å². The molecule has 1 aromatic carbocycles. The second kappa shape index (κ2) is 5.77. The number of rotatable bonds is 2. The van der Waals surface area contributed by atoms with Gasteiger partial charge in [0.25, 0.3) is 0 Å². The van der Waals surface area contributed by atoms with Crippen LogP contribution in [0.5, 0.6) is 0 Å². The summed E-state index contributed by atoms with van der Waals surface area (Å²) >= 11 is 0. The smallest absolute Gasteiger partial charge is 0.407 e. The molecule has 1 amide bonds. The summed E-state index contributed by atoms with van der Waals surface area (Å²) in [6, 6.07) is 5.64. The van der Waals surface area contributed by atoms with Crippen LogP contribution in [-0.4, -0.2) is 35.7 Å². The van der Waals surface area contributed by atoms with Gasteiger partial charge >= 0.3 is 12.1 Å². The molecular weight excluding hydrogens is 258 g/mol. The van der Waals surface area contributed by atoms with Crippen molar-refractivity contribution in [2.45, 2.75) is 19.4 Å². The average Bonchev–Trinajstić information content (AvgIpc) is 2.44. The molecule has 1 unspecified atom stereocenters. The number of benzene rings is 1. The Morgan fingerprint density at radius 2 is 2.20 bits per heavy atom. The van der Waals surface area contributed by atoms with Gasteiger partial charge in [0.2, 0.25) is 0 Å². The molecule has 1 aliphatic rings. The van der Waals surface area contributed by atoms with E-state index in [9.17, 15) is 9.59 Å². The van der Waals surface area contributed by atoms with Gasteiger partial charge in [-0.2, -0.15) is 0 Å². The van der Waals surface area contributed by atoms with Crippen LogP contribution in [0.3, 0.4) is 0 Å². The molecule has 0 saturated heterocycles. The number of nitrogens with zero attached hydrogens (tertiary/aromatic N) is 1. The molecule has 1 atom stereocenters. The number of carbonyl (C=O) groups is 2. The Morgan fingerprint density at radius 1 is 1.45 bits per heavy atom. The summed E-state index contributed by atoms with van der Waals surface area (Å²) in [7, 11) is 1.34. The van der Waals surface area contributed by atoms with Crippen LogP contribution < -0.4 is 0 Å². The second-order valence-corrected chi connectivity index (χ2v) is 4.72. The molecule has 0 aromatic heterocycles. The van der Waals surface area contributed by atoms with Gasteiger partial charge in [-0.1, -0.05) is 18.2 Å². The zero-order valence-electron chi connectivity index (χ0n) is 11.5. The number of carboxylic acid groups (broad SMARTS) is 1. The van der Waals surface area contributed by atoms with Crippen molar-refractivity contribution in [3.05, 3.63) is 41.0 Å². The van der Waals surface area contributed by atoms with Gasteiger partial charge in [0.1, 0.15) is 0 Å². The van der Waals surface area contributed by atoms with Gasteiger partial charge in [-0.3, -0.25) is 0 Å². The Bertz CT molecular complexity index is 565. The molecule has 0 bridgehead atoms. The maximum absolute atomic E-state index is 11.1. The lowest BCUT2D eigenvalue weighted by Crippen LogP contribution is -2.37. The van der Waals surface area contributed by atoms with Gasteiger partial charge < -0.3 is 14.7 Å². The molecule has 0 saturated carbocycles. The van der Waals surface area contributed by atoms with Gasteiger partial charge in [-0.05, 0) is 36.1 Å². The number of fused-ring (bicyclic) bond motifs is 1. The number of carbonyl (C=O) groups excluding carboxylic acids is 1. The molecule has 5 nitrogen and oxygen atoms in total. The van der Waals surface area contributed by atoms with Crippen molar-refractivity contribution in [1.29, 1.82) is 0 Å². The van der Waals surface area contributed by atoms with E-state index in [1.165, 1.54) is 18.1 Å². The maximum atomic E-state index is 11.1. The van der Waals surface area contributed by atoms with E-state index in [1.54, 1.807) is 6.08 Å². The fourth-order valence-corrected chi connectivity index (χ4v) is 2.45. The molecule has 1 aromatic rings. The van der Waals surface area contributed by atoms with Gasteiger partial charge in [-0.15, -0.1) is 0 Å². The zero-order valence-corrected chi connectivity index (χ0v) is 11.5. The first kappa shape index (κ1) is 14.1. The molecule has 1 N–H and O–H groups in total. The van der Waals surface area contributed by atoms with Crippen molar-refractivity contribution in [3.8, 4) is 0 Å². The molecular formula is C15H17NO4. The zero-order chi connectivity index (χ0) is 14.7. The van der Waals surface area contributed by atoms with E-state index in [4.69, 9.17) is 5.11 Å². The van der Waals surface area contributed by atoms with Crippen LogP contribution in [0, 0.1) is 0 Å². The predicted octanol–water partition coefficient (Wildman–Crippen LogP) is 2.47. The molecule has 5 heteroatoms. The van der Waals surface area contributed by atoms with Crippen LogP contribution >= 0.6 is 0 Å². The number of amides is 1. The largest absolute Gasteiger partial charge is 0.466 e. The summed E-state index contributed by atoms with van der Waals surface area (Å²) < 4.78 is 4.54. The first-order valence-corrected chi connectivity index (χ1v) is 6.41. The van der Waals surface area contributed by atoms with Crippen molar-refractivity contribution in [3.63, 3.8) is 0 Å². The third-order valence-corrected chi connectivity index (χ3v) is 3.57. The monoisotopic (exact) mass is 275 g/mol. The molecule has 20 heavy (non-hydrogen) atoms. The van der Waals surface area contributed by atoms with Crippen LogP contribution in [0.25, 0.3) is 6.08 Å². The Morgan fingerprint density at radius 3 is 2.85 bits per heavy atom. The van der Waals surface area contributed by atoms with E-state index in [-0.39, 0.29) is 6.04 Å². The summed E-state index contributed by atoms with van der Waals surface area (Å²) in [5, 5.41) is 9.12. The molecule has 0 spiro atoms. The van der Waals surface area contributed by atoms with Crippen molar-refractivity contribution in [2.75, 3.05) is 13.7 Å². The lowest BCUT2D eigenvalue weighted by Gasteiger charge is -2.33. The second-order valence-electron chi connectivity index (χ2n) is 4.72. The van der Waals surface area contributed by atoms with E-state index in [2.05, 4.69) is 4.74 Å². The Balaban J connectivity index is 2.24. The predicted molar refractivity (Wildman–Crippen MR) is 74.3 cm³/mol. The molecule has 0 fully saturated rings. The minimum Gasteiger partial charge on any atom is -0.466 e. The summed E-state index contributed by atoms with van der Waals surface area (Å²) in [4.78, 5) is 23.6.